The molecule has 0 bridgehead atoms. The average molecular weight is 289 g/mol. The average Bonchev–Trinajstić information content (AvgIpc) is 3.08. The van der Waals surface area contributed by atoms with Gasteiger partial charge in [0.15, 0.2) is 0 Å². The van der Waals surface area contributed by atoms with E-state index in [4.69, 9.17) is 0 Å². The van der Waals surface area contributed by atoms with Gasteiger partial charge in [-0.3, -0.25) is 4.79 Å². The lowest BCUT2D eigenvalue weighted by Crippen LogP contribution is -2.40. The summed E-state index contributed by atoms with van der Waals surface area (Å²) < 4.78 is 2.14. The Bertz CT molecular complexity index is 561. The summed E-state index contributed by atoms with van der Waals surface area (Å²) in [6.45, 7) is 0.853. The Morgan fingerprint density at radius 2 is 2.50 bits per heavy atom. The molecule has 3 heterocycles. The van der Waals surface area contributed by atoms with E-state index in [-0.39, 0.29) is 11.9 Å². The number of amides is 1. The van der Waals surface area contributed by atoms with Crippen LogP contribution in [0.3, 0.4) is 0 Å². The highest BCUT2D eigenvalue weighted by Crippen LogP contribution is 2.14. The van der Waals surface area contributed by atoms with E-state index in [1.165, 1.54) is 4.88 Å². The maximum Gasteiger partial charge on any atom is 0.220 e. The van der Waals surface area contributed by atoms with Crippen molar-refractivity contribution in [1.29, 1.82) is 0 Å². The Hall–Kier alpha value is -1.62. The second-order valence-corrected chi connectivity index (χ2v) is 6.26. The number of rotatable bonds is 5. The van der Waals surface area contributed by atoms with Crippen LogP contribution in [0.15, 0.2) is 29.9 Å². The van der Waals surface area contributed by atoms with E-state index in [0.717, 1.165) is 38.1 Å². The molecule has 1 atom stereocenters. The molecule has 0 fully saturated rings. The molecule has 1 amide bonds. The van der Waals surface area contributed by atoms with Gasteiger partial charge in [-0.05, 0) is 30.7 Å². The van der Waals surface area contributed by atoms with Gasteiger partial charge >= 0.3 is 0 Å². The number of imidazole rings is 1. The number of hydrogen-bond acceptors (Lipinski definition) is 3. The lowest BCUT2D eigenvalue weighted by molar-refractivity contribution is -0.122. The SMILES string of the molecule is O=C(CCCc1cccs1)NC1CCc2nccn2C1. The molecule has 5 heteroatoms. The molecule has 0 aliphatic carbocycles. The van der Waals surface area contributed by atoms with Gasteiger partial charge in [0, 0.05) is 42.7 Å². The van der Waals surface area contributed by atoms with Crippen LogP contribution in [-0.2, 0) is 24.2 Å². The topological polar surface area (TPSA) is 46.9 Å². The van der Waals surface area contributed by atoms with E-state index in [9.17, 15) is 4.79 Å². The van der Waals surface area contributed by atoms with E-state index in [1.54, 1.807) is 11.3 Å². The summed E-state index contributed by atoms with van der Waals surface area (Å²) in [5, 5.41) is 5.23. The van der Waals surface area contributed by atoms with Crippen LogP contribution in [0.1, 0.15) is 30.0 Å². The van der Waals surface area contributed by atoms with E-state index in [1.807, 2.05) is 12.4 Å². The molecule has 2 aromatic rings. The molecule has 0 saturated heterocycles. The molecule has 0 aromatic carbocycles. The fraction of sp³-hybridized carbons (Fsp3) is 0.467. The van der Waals surface area contributed by atoms with Crippen molar-refractivity contribution in [2.24, 2.45) is 0 Å². The lowest BCUT2D eigenvalue weighted by atomic mass is 10.1. The van der Waals surface area contributed by atoms with Gasteiger partial charge in [-0.2, -0.15) is 0 Å². The molecule has 1 aliphatic heterocycles. The Morgan fingerprint density at radius 1 is 1.55 bits per heavy atom. The molecule has 0 saturated carbocycles. The summed E-state index contributed by atoms with van der Waals surface area (Å²) >= 11 is 1.76. The minimum absolute atomic E-state index is 0.176. The zero-order valence-electron chi connectivity index (χ0n) is 11.4. The van der Waals surface area contributed by atoms with Crippen molar-refractivity contribution in [3.05, 3.63) is 40.6 Å². The highest BCUT2D eigenvalue weighted by molar-refractivity contribution is 7.09. The second kappa shape index (κ2) is 6.22. The molecular weight excluding hydrogens is 270 g/mol. The lowest BCUT2D eigenvalue weighted by Gasteiger charge is -2.24. The molecule has 1 aliphatic rings. The summed E-state index contributed by atoms with van der Waals surface area (Å²) in [4.78, 5) is 17.6. The van der Waals surface area contributed by atoms with Crippen molar-refractivity contribution >= 4 is 17.2 Å². The highest BCUT2D eigenvalue weighted by Gasteiger charge is 2.19. The maximum absolute atomic E-state index is 12.0. The molecule has 2 aromatic heterocycles. The van der Waals surface area contributed by atoms with Gasteiger partial charge in [-0.15, -0.1) is 11.3 Å². The number of nitrogens with zero attached hydrogens (tertiary/aromatic N) is 2. The van der Waals surface area contributed by atoms with Crippen molar-refractivity contribution < 1.29 is 4.79 Å². The molecule has 1 unspecified atom stereocenters. The second-order valence-electron chi connectivity index (χ2n) is 5.23. The Morgan fingerprint density at radius 3 is 3.35 bits per heavy atom. The van der Waals surface area contributed by atoms with Gasteiger partial charge in [0.2, 0.25) is 5.91 Å². The highest BCUT2D eigenvalue weighted by atomic mass is 32.1. The summed E-state index contributed by atoms with van der Waals surface area (Å²) in [5.74, 6) is 1.31. The van der Waals surface area contributed by atoms with Crippen LogP contribution in [-0.4, -0.2) is 21.5 Å². The van der Waals surface area contributed by atoms with Crippen molar-refractivity contribution in [2.45, 2.75) is 44.7 Å². The Kier molecular flexibility index (Phi) is 4.16. The number of fused-ring (bicyclic) bond motifs is 1. The van der Waals surface area contributed by atoms with Crippen LogP contribution in [0.4, 0.5) is 0 Å². The number of aryl methyl sites for hydroxylation is 2. The number of aromatic nitrogens is 2. The molecule has 3 rings (SSSR count). The molecule has 1 N–H and O–H groups in total. The number of thiophene rings is 1. The quantitative estimate of drug-likeness (QED) is 0.918. The van der Waals surface area contributed by atoms with Crippen LogP contribution in [0.25, 0.3) is 0 Å². The van der Waals surface area contributed by atoms with Crippen molar-refractivity contribution in [3.63, 3.8) is 0 Å². The zero-order chi connectivity index (χ0) is 13.8. The summed E-state index contributed by atoms with van der Waals surface area (Å²) in [6.07, 6.45) is 8.31. The smallest absolute Gasteiger partial charge is 0.220 e. The molecule has 20 heavy (non-hydrogen) atoms. The Labute approximate surface area is 122 Å². The number of carbonyl (C=O) groups is 1. The fourth-order valence-corrected chi connectivity index (χ4v) is 3.41. The number of hydrogen-bond donors (Lipinski definition) is 1. The summed E-state index contributed by atoms with van der Waals surface area (Å²) in [6, 6.07) is 4.45. The largest absolute Gasteiger partial charge is 0.352 e. The van der Waals surface area contributed by atoms with E-state index in [2.05, 4.69) is 32.4 Å². The first-order valence-electron chi connectivity index (χ1n) is 7.13. The third kappa shape index (κ3) is 3.28. The van der Waals surface area contributed by atoms with Gasteiger partial charge in [-0.25, -0.2) is 4.98 Å². The van der Waals surface area contributed by atoms with Crippen LogP contribution in [0, 0.1) is 0 Å². The van der Waals surface area contributed by atoms with Gasteiger partial charge in [0.05, 0.1) is 0 Å². The molecule has 0 radical (unpaired) electrons. The van der Waals surface area contributed by atoms with Crippen molar-refractivity contribution in [2.75, 3.05) is 0 Å². The number of carbonyl (C=O) groups excluding carboxylic acids is 1. The first-order valence-corrected chi connectivity index (χ1v) is 8.01. The van der Waals surface area contributed by atoms with E-state index < -0.39 is 0 Å². The van der Waals surface area contributed by atoms with E-state index in [0.29, 0.717) is 6.42 Å². The third-order valence-electron chi connectivity index (χ3n) is 3.71. The fourth-order valence-electron chi connectivity index (χ4n) is 2.66. The van der Waals surface area contributed by atoms with Crippen molar-refractivity contribution in [3.8, 4) is 0 Å². The van der Waals surface area contributed by atoms with Gasteiger partial charge in [0.1, 0.15) is 5.82 Å². The van der Waals surface area contributed by atoms with Crippen LogP contribution in [0.5, 0.6) is 0 Å². The minimum Gasteiger partial charge on any atom is -0.352 e. The third-order valence-corrected chi connectivity index (χ3v) is 4.64. The predicted molar refractivity (Wildman–Crippen MR) is 79.7 cm³/mol. The van der Waals surface area contributed by atoms with Crippen LogP contribution >= 0.6 is 11.3 Å². The standard InChI is InChI=1S/C15H19N3OS/c19-15(5-1-3-13-4-2-10-20-13)17-12-6-7-14-16-8-9-18(14)11-12/h2,4,8-10,12H,1,3,5-7,11H2,(H,17,19). The normalized spacial score (nSPS) is 17.7. The molecular formula is C15H19N3OS. The number of nitrogens with one attached hydrogen (secondary N) is 1. The monoisotopic (exact) mass is 289 g/mol. The predicted octanol–water partition coefficient (Wildman–Crippen LogP) is 2.40. The van der Waals surface area contributed by atoms with E-state index >= 15 is 0 Å². The summed E-state index contributed by atoms with van der Waals surface area (Å²) in [7, 11) is 0. The van der Waals surface area contributed by atoms with Crippen LogP contribution < -0.4 is 5.32 Å². The van der Waals surface area contributed by atoms with Gasteiger partial charge < -0.3 is 9.88 Å². The first kappa shape index (κ1) is 13.4. The zero-order valence-corrected chi connectivity index (χ0v) is 12.2. The first-order chi connectivity index (χ1) is 9.81. The summed E-state index contributed by atoms with van der Waals surface area (Å²) in [5.41, 5.74) is 0. The van der Waals surface area contributed by atoms with Crippen molar-refractivity contribution in [1.82, 2.24) is 14.9 Å². The molecule has 106 valence electrons. The Balaban J connectivity index is 1.41. The molecule has 0 spiro atoms. The van der Waals surface area contributed by atoms with Crippen LogP contribution in [0.2, 0.25) is 0 Å². The molecule has 4 nitrogen and oxygen atoms in total. The van der Waals surface area contributed by atoms with Gasteiger partial charge in [-0.1, -0.05) is 6.07 Å². The maximum atomic E-state index is 12.0. The van der Waals surface area contributed by atoms with Gasteiger partial charge in [0.25, 0.3) is 0 Å². The minimum atomic E-state index is 0.176.